The van der Waals surface area contributed by atoms with Crippen LogP contribution in [-0.4, -0.2) is 20.8 Å². The first-order valence-corrected chi connectivity index (χ1v) is 3.93. The van der Waals surface area contributed by atoms with E-state index < -0.39 is 0 Å². The molecule has 0 amide bonds. The van der Waals surface area contributed by atoms with Crippen molar-refractivity contribution in [3.05, 3.63) is 30.2 Å². The van der Waals surface area contributed by atoms with Gasteiger partial charge < -0.3 is 9.55 Å². The molecule has 0 radical (unpaired) electrons. The van der Waals surface area contributed by atoms with Gasteiger partial charge in [-0.3, -0.25) is 4.79 Å². The molecule has 0 aliphatic heterocycles. The summed E-state index contributed by atoms with van der Waals surface area (Å²) in [5.41, 5.74) is 1.39. The molecule has 4 heteroatoms. The average molecular weight is 175 g/mol. The number of carbonyl (C=O) groups is 1. The Bertz CT molecular complexity index is 428. The van der Waals surface area contributed by atoms with Crippen molar-refractivity contribution in [2.75, 3.05) is 0 Å². The number of nitrogens with one attached hydrogen (secondary N) is 1. The van der Waals surface area contributed by atoms with Gasteiger partial charge in [-0.25, -0.2) is 4.98 Å². The smallest absolute Gasteiger partial charge is 0.170 e. The molecule has 0 fully saturated rings. The van der Waals surface area contributed by atoms with Gasteiger partial charge in [-0.1, -0.05) is 0 Å². The minimum Gasteiger partial charge on any atom is -0.348 e. The average Bonchev–Trinajstić information content (AvgIpc) is 2.71. The Balaban J connectivity index is 2.46. The molecule has 0 spiro atoms. The largest absolute Gasteiger partial charge is 0.348 e. The van der Waals surface area contributed by atoms with Crippen LogP contribution in [0.4, 0.5) is 0 Å². The summed E-state index contributed by atoms with van der Waals surface area (Å²) in [5, 5.41) is 0. The van der Waals surface area contributed by atoms with E-state index in [2.05, 4.69) is 9.97 Å². The van der Waals surface area contributed by atoms with E-state index in [1.54, 1.807) is 6.20 Å². The normalized spacial score (nSPS) is 10.2. The second-order valence-corrected chi connectivity index (χ2v) is 2.80. The number of nitrogens with zero attached hydrogens (tertiary/aromatic N) is 2. The summed E-state index contributed by atoms with van der Waals surface area (Å²) in [4.78, 5) is 17.4. The molecule has 0 bridgehead atoms. The number of hydrogen-bond acceptors (Lipinski definition) is 2. The van der Waals surface area contributed by atoms with Crippen molar-refractivity contribution in [3.8, 4) is 11.5 Å². The lowest BCUT2D eigenvalue weighted by atomic mass is 10.4. The number of H-pyrrole nitrogens is 1. The fraction of sp³-hybridized carbons (Fsp3) is 0.111. The van der Waals surface area contributed by atoms with E-state index in [0.717, 1.165) is 17.8 Å². The van der Waals surface area contributed by atoms with Crippen LogP contribution in [0.25, 0.3) is 11.5 Å². The SMILES string of the molecule is Cn1cccc1-c1nc(C=O)c[nH]1. The second kappa shape index (κ2) is 2.90. The van der Waals surface area contributed by atoms with Crippen LogP contribution >= 0.6 is 0 Å². The van der Waals surface area contributed by atoms with Gasteiger partial charge in [0, 0.05) is 19.4 Å². The Kier molecular flexibility index (Phi) is 1.73. The van der Waals surface area contributed by atoms with E-state index in [4.69, 9.17) is 0 Å². The summed E-state index contributed by atoms with van der Waals surface area (Å²) in [6.45, 7) is 0. The Morgan fingerprint density at radius 1 is 1.62 bits per heavy atom. The predicted octanol–water partition coefficient (Wildman–Crippen LogP) is 1.23. The van der Waals surface area contributed by atoms with E-state index >= 15 is 0 Å². The van der Waals surface area contributed by atoms with Crippen molar-refractivity contribution >= 4 is 6.29 Å². The zero-order valence-electron chi connectivity index (χ0n) is 7.19. The fourth-order valence-corrected chi connectivity index (χ4v) is 1.23. The van der Waals surface area contributed by atoms with Gasteiger partial charge in [0.1, 0.15) is 5.69 Å². The number of aryl methyl sites for hydroxylation is 1. The number of hydrogen-bond donors (Lipinski definition) is 1. The summed E-state index contributed by atoms with van der Waals surface area (Å²) in [6, 6.07) is 3.87. The lowest BCUT2D eigenvalue weighted by Gasteiger charge is -1.97. The predicted molar refractivity (Wildman–Crippen MR) is 48.4 cm³/mol. The highest BCUT2D eigenvalue weighted by Gasteiger charge is 2.05. The van der Waals surface area contributed by atoms with Crippen LogP contribution < -0.4 is 0 Å². The van der Waals surface area contributed by atoms with Crippen molar-refractivity contribution in [2.45, 2.75) is 0 Å². The molecular weight excluding hydrogens is 166 g/mol. The second-order valence-electron chi connectivity index (χ2n) is 2.80. The molecule has 2 aromatic heterocycles. The highest BCUT2D eigenvalue weighted by molar-refractivity contribution is 5.72. The molecule has 2 aromatic rings. The van der Waals surface area contributed by atoms with E-state index in [-0.39, 0.29) is 0 Å². The summed E-state index contributed by atoms with van der Waals surface area (Å²) < 4.78 is 1.94. The third-order valence-electron chi connectivity index (χ3n) is 1.90. The highest BCUT2D eigenvalue weighted by Crippen LogP contribution is 2.14. The highest BCUT2D eigenvalue weighted by atomic mass is 16.1. The van der Waals surface area contributed by atoms with Crippen LogP contribution in [0.1, 0.15) is 10.5 Å². The van der Waals surface area contributed by atoms with Gasteiger partial charge in [0.2, 0.25) is 0 Å². The maximum Gasteiger partial charge on any atom is 0.170 e. The molecule has 13 heavy (non-hydrogen) atoms. The molecule has 0 unspecified atom stereocenters. The van der Waals surface area contributed by atoms with Crippen molar-refractivity contribution in [1.29, 1.82) is 0 Å². The van der Waals surface area contributed by atoms with Crippen LogP contribution in [-0.2, 0) is 7.05 Å². The van der Waals surface area contributed by atoms with Crippen LogP contribution in [0.3, 0.4) is 0 Å². The van der Waals surface area contributed by atoms with Gasteiger partial charge in [0.25, 0.3) is 0 Å². The maximum absolute atomic E-state index is 10.4. The van der Waals surface area contributed by atoms with Crippen molar-refractivity contribution in [1.82, 2.24) is 14.5 Å². The van der Waals surface area contributed by atoms with Crippen molar-refractivity contribution in [2.24, 2.45) is 7.05 Å². The molecular formula is C9H9N3O. The molecule has 1 N–H and O–H groups in total. The summed E-state index contributed by atoms with van der Waals surface area (Å²) in [7, 11) is 1.93. The molecule has 0 aliphatic carbocycles. The lowest BCUT2D eigenvalue weighted by Crippen LogP contribution is -1.90. The van der Waals surface area contributed by atoms with Gasteiger partial charge in [-0.2, -0.15) is 0 Å². The van der Waals surface area contributed by atoms with Gasteiger partial charge in [0.15, 0.2) is 12.1 Å². The zero-order chi connectivity index (χ0) is 9.26. The molecule has 0 atom stereocenters. The molecule has 66 valence electrons. The number of imidazole rings is 1. The monoisotopic (exact) mass is 175 g/mol. The minimum absolute atomic E-state index is 0.427. The Hall–Kier alpha value is -1.84. The minimum atomic E-state index is 0.427. The lowest BCUT2D eigenvalue weighted by molar-refractivity contribution is 0.111. The third kappa shape index (κ3) is 1.26. The molecule has 0 saturated carbocycles. The molecule has 0 saturated heterocycles. The quantitative estimate of drug-likeness (QED) is 0.698. The molecule has 2 heterocycles. The summed E-state index contributed by atoms with van der Waals surface area (Å²) >= 11 is 0. The molecule has 0 aliphatic rings. The van der Waals surface area contributed by atoms with E-state index in [0.29, 0.717) is 5.69 Å². The molecule has 4 nitrogen and oxygen atoms in total. The first-order valence-electron chi connectivity index (χ1n) is 3.93. The summed E-state index contributed by atoms with van der Waals surface area (Å²) in [5.74, 6) is 0.717. The Morgan fingerprint density at radius 2 is 2.46 bits per heavy atom. The van der Waals surface area contributed by atoms with Crippen LogP contribution in [0.5, 0.6) is 0 Å². The van der Waals surface area contributed by atoms with Gasteiger partial charge in [0.05, 0.1) is 5.69 Å². The van der Waals surface area contributed by atoms with Gasteiger partial charge in [-0.05, 0) is 12.1 Å². The molecule has 2 rings (SSSR count). The van der Waals surface area contributed by atoms with Crippen LogP contribution in [0.2, 0.25) is 0 Å². The fourth-order valence-electron chi connectivity index (χ4n) is 1.23. The van der Waals surface area contributed by atoms with Gasteiger partial charge in [-0.15, -0.1) is 0 Å². The number of aldehydes is 1. The van der Waals surface area contributed by atoms with Crippen LogP contribution in [0.15, 0.2) is 24.5 Å². The van der Waals surface area contributed by atoms with E-state index in [1.807, 2.05) is 29.9 Å². The summed E-state index contributed by atoms with van der Waals surface area (Å²) in [6.07, 6.45) is 4.25. The number of aromatic amines is 1. The standard InChI is InChI=1S/C9H9N3O/c1-12-4-2-3-8(12)9-10-5-7(6-13)11-9/h2-6H,1H3,(H,10,11). The van der Waals surface area contributed by atoms with E-state index in [1.165, 1.54) is 0 Å². The van der Waals surface area contributed by atoms with Gasteiger partial charge >= 0.3 is 0 Å². The van der Waals surface area contributed by atoms with Crippen molar-refractivity contribution in [3.63, 3.8) is 0 Å². The first kappa shape index (κ1) is 7.79. The van der Waals surface area contributed by atoms with Crippen molar-refractivity contribution < 1.29 is 4.79 Å². The Labute approximate surface area is 75.2 Å². The maximum atomic E-state index is 10.4. The van der Waals surface area contributed by atoms with E-state index in [9.17, 15) is 4.79 Å². The van der Waals surface area contributed by atoms with Crippen LogP contribution in [0, 0.1) is 0 Å². The topological polar surface area (TPSA) is 50.7 Å². The number of rotatable bonds is 2. The number of aromatic nitrogens is 3. The number of carbonyl (C=O) groups excluding carboxylic acids is 1. The molecule has 0 aromatic carbocycles. The zero-order valence-corrected chi connectivity index (χ0v) is 7.19. The first-order chi connectivity index (χ1) is 6.31. The third-order valence-corrected chi connectivity index (χ3v) is 1.90. The Morgan fingerprint density at radius 3 is 3.00 bits per heavy atom.